The number of thioether (sulfide) groups is 1. The average molecular weight is 413 g/mol. The van der Waals surface area contributed by atoms with Gasteiger partial charge in [0.1, 0.15) is 10.7 Å². The topological polar surface area (TPSA) is 53.2 Å². The highest BCUT2D eigenvalue weighted by molar-refractivity contribution is 7.99. The van der Waals surface area contributed by atoms with Crippen molar-refractivity contribution in [1.82, 2.24) is 16.0 Å². The molecule has 144 valence electrons. The van der Waals surface area contributed by atoms with E-state index in [0.717, 1.165) is 26.8 Å². The monoisotopic (exact) mass is 413 g/mol. The number of benzene rings is 1. The first-order valence-electron chi connectivity index (χ1n) is 8.24. The Kier molecular flexibility index (Phi) is 5.71. The molecule has 3 rings (SSSR count). The number of thiophene rings is 1. The number of fused-ring (bicyclic) bond motifs is 1. The zero-order chi connectivity index (χ0) is 19.6. The first kappa shape index (κ1) is 19.6. The maximum atomic E-state index is 13.0. The lowest BCUT2D eigenvalue weighted by Gasteiger charge is -2.23. The van der Waals surface area contributed by atoms with Crippen LogP contribution in [-0.4, -0.2) is 31.4 Å². The number of nitrogens with one attached hydrogen (secondary N) is 3. The van der Waals surface area contributed by atoms with E-state index in [1.807, 2.05) is 31.2 Å². The molecule has 1 aromatic heterocycles. The predicted molar refractivity (Wildman–Crippen MR) is 104 cm³/mol. The molecule has 0 atom stereocenters. The summed E-state index contributed by atoms with van der Waals surface area (Å²) in [5, 5.41) is 9.07. The van der Waals surface area contributed by atoms with Crippen molar-refractivity contribution in [3.05, 3.63) is 52.3 Å². The molecule has 3 N–H and O–H groups in total. The number of amides is 1. The van der Waals surface area contributed by atoms with E-state index in [-0.39, 0.29) is 12.2 Å². The summed E-state index contributed by atoms with van der Waals surface area (Å²) in [4.78, 5) is 14.2. The molecule has 1 aliphatic heterocycles. The minimum atomic E-state index is -4.46. The number of halogens is 3. The molecule has 1 aromatic carbocycles. The molecule has 1 aliphatic rings. The SMILES string of the molecule is CCSc1c(C(=O)NC2=C(NC)NCC(C(F)(F)F)=C2)sc2ccccc12. The molecule has 0 spiro atoms. The van der Waals surface area contributed by atoms with Crippen molar-refractivity contribution >= 4 is 39.1 Å². The first-order valence-corrected chi connectivity index (χ1v) is 10.0. The fourth-order valence-corrected chi connectivity index (χ4v) is 4.92. The third kappa shape index (κ3) is 4.08. The molecule has 0 bridgehead atoms. The second-order valence-corrected chi connectivity index (χ2v) is 8.03. The molecule has 0 radical (unpaired) electrons. The zero-order valence-electron chi connectivity index (χ0n) is 14.7. The van der Waals surface area contributed by atoms with Crippen LogP contribution in [0.25, 0.3) is 10.1 Å². The molecule has 0 aliphatic carbocycles. The van der Waals surface area contributed by atoms with E-state index < -0.39 is 17.7 Å². The minimum absolute atomic E-state index is 0.0750. The number of dihydropyridines is 1. The predicted octanol–water partition coefficient (Wildman–Crippen LogP) is 4.22. The van der Waals surface area contributed by atoms with Crippen LogP contribution in [0.1, 0.15) is 16.6 Å². The fourth-order valence-electron chi connectivity index (χ4n) is 2.72. The van der Waals surface area contributed by atoms with Crippen molar-refractivity contribution in [3.63, 3.8) is 0 Å². The lowest BCUT2D eigenvalue weighted by molar-refractivity contribution is -0.0931. The van der Waals surface area contributed by atoms with Crippen LogP contribution in [-0.2, 0) is 0 Å². The van der Waals surface area contributed by atoms with Crippen LogP contribution in [0.4, 0.5) is 13.2 Å². The quantitative estimate of drug-likeness (QED) is 0.643. The van der Waals surface area contributed by atoms with Crippen molar-refractivity contribution in [2.24, 2.45) is 0 Å². The van der Waals surface area contributed by atoms with Crippen LogP contribution < -0.4 is 16.0 Å². The van der Waals surface area contributed by atoms with Crippen LogP contribution in [0, 0.1) is 0 Å². The Bertz CT molecular complexity index is 932. The molecule has 0 fully saturated rings. The molecule has 2 heterocycles. The summed E-state index contributed by atoms with van der Waals surface area (Å²) in [6.45, 7) is 1.64. The second kappa shape index (κ2) is 7.85. The lowest BCUT2D eigenvalue weighted by atomic mass is 10.1. The molecule has 4 nitrogen and oxygen atoms in total. The Hall–Kier alpha value is -2.13. The summed E-state index contributed by atoms with van der Waals surface area (Å²) in [6, 6.07) is 7.68. The van der Waals surface area contributed by atoms with Crippen LogP contribution in [0.5, 0.6) is 0 Å². The molecule has 9 heteroatoms. The largest absolute Gasteiger partial charge is 0.414 e. The fraction of sp³-hybridized carbons (Fsp3) is 0.278. The number of alkyl halides is 3. The Morgan fingerprint density at radius 1 is 1.33 bits per heavy atom. The van der Waals surface area contributed by atoms with Crippen molar-refractivity contribution in [2.75, 3.05) is 19.3 Å². The molecule has 1 amide bonds. The van der Waals surface area contributed by atoms with Crippen LogP contribution in [0.2, 0.25) is 0 Å². The Balaban J connectivity index is 1.97. The van der Waals surface area contributed by atoms with Gasteiger partial charge in [-0.15, -0.1) is 23.1 Å². The van der Waals surface area contributed by atoms with Gasteiger partial charge in [-0.3, -0.25) is 4.79 Å². The second-order valence-electron chi connectivity index (χ2n) is 5.70. The van der Waals surface area contributed by atoms with E-state index in [2.05, 4.69) is 16.0 Å². The molecule has 0 saturated carbocycles. The van der Waals surface area contributed by atoms with E-state index in [9.17, 15) is 18.0 Å². The van der Waals surface area contributed by atoms with Gasteiger partial charge in [0, 0.05) is 28.6 Å². The summed E-state index contributed by atoms with van der Waals surface area (Å²) < 4.78 is 40.1. The van der Waals surface area contributed by atoms with Crippen molar-refractivity contribution in [3.8, 4) is 0 Å². The summed E-state index contributed by atoms with van der Waals surface area (Å²) in [7, 11) is 1.58. The standard InChI is InChI=1S/C18H18F3N3OS2/c1-3-26-14-11-6-4-5-7-13(11)27-15(14)17(25)24-12-8-10(18(19,20)21)9-23-16(12)22-2/h4-8,22-23H,3,9H2,1-2H3,(H,24,25). The van der Waals surface area contributed by atoms with E-state index >= 15 is 0 Å². The van der Waals surface area contributed by atoms with Gasteiger partial charge < -0.3 is 16.0 Å². The van der Waals surface area contributed by atoms with Crippen molar-refractivity contribution in [2.45, 2.75) is 18.0 Å². The highest BCUT2D eigenvalue weighted by atomic mass is 32.2. The summed E-state index contributed by atoms with van der Waals surface area (Å²) in [6.07, 6.45) is -3.48. The van der Waals surface area contributed by atoms with E-state index in [0.29, 0.717) is 10.7 Å². The molecule has 0 unspecified atom stereocenters. The summed E-state index contributed by atoms with van der Waals surface area (Å²) in [5.74, 6) is 0.712. The van der Waals surface area contributed by atoms with Gasteiger partial charge in [-0.2, -0.15) is 13.2 Å². The van der Waals surface area contributed by atoms with Gasteiger partial charge in [-0.05, 0) is 17.9 Å². The van der Waals surface area contributed by atoms with Crippen LogP contribution in [0.3, 0.4) is 0 Å². The third-order valence-corrected chi connectivity index (χ3v) is 6.25. The van der Waals surface area contributed by atoms with Crippen molar-refractivity contribution in [1.29, 1.82) is 0 Å². The Morgan fingerprint density at radius 2 is 2.07 bits per heavy atom. The van der Waals surface area contributed by atoms with Gasteiger partial charge >= 0.3 is 6.18 Å². The van der Waals surface area contributed by atoms with Gasteiger partial charge in [-0.25, -0.2) is 0 Å². The summed E-state index contributed by atoms with van der Waals surface area (Å²) >= 11 is 2.88. The van der Waals surface area contributed by atoms with Crippen LogP contribution in [0.15, 0.2) is 52.3 Å². The number of allylic oxidation sites excluding steroid dienone is 1. The number of carbonyl (C=O) groups is 1. The number of hydrogen-bond donors (Lipinski definition) is 3. The van der Waals surface area contributed by atoms with Crippen molar-refractivity contribution < 1.29 is 18.0 Å². The molecular formula is C18H18F3N3OS2. The van der Waals surface area contributed by atoms with E-state index in [4.69, 9.17) is 0 Å². The van der Waals surface area contributed by atoms with Gasteiger partial charge in [0.25, 0.3) is 5.91 Å². The highest BCUT2D eigenvalue weighted by Gasteiger charge is 2.35. The maximum Gasteiger partial charge on any atom is 0.414 e. The Morgan fingerprint density at radius 3 is 2.74 bits per heavy atom. The highest BCUT2D eigenvalue weighted by Crippen LogP contribution is 2.38. The molecular weight excluding hydrogens is 395 g/mol. The van der Waals surface area contributed by atoms with Gasteiger partial charge in [-0.1, -0.05) is 25.1 Å². The lowest BCUT2D eigenvalue weighted by Crippen LogP contribution is -2.38. The number of hydrogen-bond acceptors (Lipinski definition) is 5. The van der Waals surface area contributed by atoms with Gasteiger partial charge in [0.05, 0.1) is 11.3 Å². The maximum absolute atomic E-state index is 13.0. The third-order valence-electron chi connectivity index (χ3n) is 3.95. The van der Waals surface area contributed by atoms with Gasteiger partial charge in [0.15, 0.2) is 0 Å². The normalized spacial score (nSPS) is 14.8. The minimum Gasteiger partial charge on any atom is -0.373 e. The molecule has 2 aromatic rings. The van der Waals surface area contributed by atoms with E-state index in [1.54, 1.807) is 18.8 Å². The number of carbonyl (C=O) groups excluding carboxylic acids is 1. The van der Waals surface area contributed by atoms with Crippen LogP contribution >= 0.6 is 23.1 Å². The van der Waals surface area contributed by atoms with E-state index in [1.165, 1.54) is 11.3 Å². The smallest absolute Gasteiger partial charge is 0.373 e. The van der Waals surface area contributed by atoms with Gasteiger partial charge in [0.2, 0.25) is 0 Å². The molecule has 27 heavy (non-hydrogen) atoms. The first-order chi connectivity index (χ1) is 12.8. The average Bonchev–Trinajstić information content (AvgIpc) is 3.00. The molecule has 0 saturated heterocycles. The number of rotatable bonds is 5. The Labute approximate surface area is 162 Å². The summed E-state index contributed by atoms with van der Waals surface area (Å²) in [5.41, 5.74) is -0.665. The zero-order valence-corrected chi connectivity index (χ0v) is 16.3.